The van der Waals surface area contributed by atoms with Gasteiger partial charge in [-0.05, 0) is 62.3 Å². The van der Waals surface area contributed by atoms with Gasteiger partial charge in [0.15, 0.2) is 0 Å². The SMILES string of the molecule is CC(C)CC(NC(=O)C1(NC(=O)C2CCN2c2ccc(F)cc2)CCC1)B(O)O. The number of carbonyl (C=O) groups excluding carboxylic acids is 2. The largest absolute Gasteiger partial charge is 0.475 e. The number of anilines is 1. The molecule has 1 aliphatic heterocycles. The molecular weight excluding hydrogens is 376 g/mol. The molecule has 4 N–H and O–H groups in total. The number of amides is 2. The number of benzene rings is 1. The fraction of sp³-hybridized carbons (Fsp3) is 0.600. The summed E-state index contributed by atoms with van der Waals surface area (Å²) in [5.41, 5.74) is -0.240. The van der Waals surface area contributed by atoms with Crippen LogP contribution in [0.1, 0.15) is 46.0 Å². The fourth-order valence-electron chi connectivity index (χ4n) is 3.93. The molecule has 1 heterocycles. The Morgan fingerprint density at radius 2 is 1.93 bits per heavy atom. The van der Waals surface area contributed by atoms with Crippen molar-refractivity contribution in [2.45, 2.75) is 63.5 Å². The van der Waals surface area contributed by atoms with E-state index < -0.39 is 24.6 Å². The lowest BCUT2D eigenvalue weighted by Crippen LogP contribution is -2.68. The van der Waals surface area contributed by atoms with E-state index in [9.17, 15) is 24.0 Å². The van der Waals surface area contributed by atoms with Crippen molar-refractivity contribution >= 4 is 24.6 Å². The first-order valence-corrected chi connectivity index (χ1v) is 10.2. The molecule has 1 aromatic carbocycles. The predicted octanol–water partition coefficient (Wildman–Crippen LogP) is 0.986. The average molecular weight is 405 g/mol. The van der Waals surface area contributed by atoms with Gasteiger partial charge in [0.05, 0.1) is 5.94 Å². The van der Waals surface area contributed by atoms with E-state index >= 15 is 0 Å². The van der Waals surface area contributed by atoms with Crippen LogP contribution in [0.25, 0.3) is 0 Å². The third kappa shape index (κ3) is 4.72. The highest BCUT2D eigenvalue weighted by molar-refractivity contribution is 6.43. The maximum absolute atomic E-state index is 13.2. The van der Waals surface area contributed by atoms with Crippen molar-refractivity contribution in [2.24, 2.45) is 5.92 Å². The Bertz CT molecular complexity index is 740. The minimum atomic E-state index is -1.66. The highest BCUT2D eigenvalue weighted by atomic mass is 19.1. The van der Waals surface area contributed by atoms with Crippen molar-refractivity contribution in [3.63, 3.8) is 0 Å². The van der Waals surface area contributed by atoms with Crippen LogP contribution in [0.5, 0.6) is 0 Å². The highest BCUT2D eigenvalue weighted by Gasteiger charge is 2.48. The summed E-state index contributed by atoms with van der Waals surface area (Å²) < 4.78 is 13.2. The first-order chi connectivity index (χ1) is 13.7. The summed E-state index contributed by atoms with van der Waals surface area (Å²) in [6, 6.07) is 5.59. The van der Waals surface area contributed by atoms with E-state index in [-0.39, 0.29) is 23.5 Å². The molecular formula is C20H29BFN3O4. The van der Waals surface area contributed by atoms with Gasteiger partial charge in [0.2, 0.25) is 11.8 Å². The topological polar surface area (TPSA) is 102 Å². The highest BCUT2D eigenvalue weighted by Crippen LogP contribution is 2.34. The van der Waals surface area contributed by atoms with E-state index in [1.807, 2.05) is 18.7 Å². The number of hydrogen-bond acceptors (Lipinski definition) is 5. The first kappa shape index (κ1) is 21.6. The Morgan fingerprint density at radius 3 is 2.38 bits per heavy atom. The van der Waals surface area contributed by atoms with Crippen LogP contribution in [-0.4, -0.2) is 53.0 Å². The lowest BCUT2D eigenvalue weighted by molar-refractivity contribution is -0.138. The normalized spacial score (nSPS) is 21.0. The zero-order chi connectivity index (χ0) is 21.2. The van der Waals surface area contributed by atoms with Crippen molar-refractivity contribution in [3.8, 4) is 0 Å². The predicted molar refractivity (Wildman–Crippen MR) is 108 cm³/mol. The van der Waals surface area contributed by atoms with Crippen molar-refractivity contribution in [2.75, 3.05) is 11.4 Å². The molecule has 0 bridgehead atoms. The summed E-state index contributed by atoms with van der Waals surface area (Å²) in [6.45, 7) is 4.56. The zero-order valence-corrected chi connectivity index (χ0v) is 16.9. The molecule has 2 amide bonds. The van der Waals surface area contributed by atoms with Gasteiger partial charge in [-0.3, -0.25) is 9.59 Å². The molecule has 2 aliphatic rings. The standard InChI is InChI=1S/C20H29BFN3O4/c1-13(2)12-17(21(28)29)23-19(27)20(9-3-10-20)24-18(26)16-8-11-25(16)15-6-4-14(22)5-7-15/h4-7,13,16-17,28-29H,3,8-12H2,1-2H3,(H,23,27)(H,24,26). The molecule has 2 atom stereocenters. The number of hydrogen-bond donors (Lipinski definition) is 4. The van der Waals surface area contributed by atoms with Crippen LogP contribution in [-0.2, 0) is 9.59 Å². The molecule has 2 fully saturated rings. The third-order valence-electron chi connectivity index (χ3n) is 5.89. The zero-order valence-electron chi connectivity index (χ0n) is 16.9. The second-order valence-electron chi connectivity index (χ2n) is 8.52. The minimum absolute atomic E-state index is 0.174. The van der Waals surface area contributed by atoms with Gasteiger partial charge in [-0.1, -0.05) is 13.8 Å². The maximum Gasteiger partial charge on any atom is 0.475 e. The Labute approximate surface area is 170 Å². The van der Waals surface area contributed by atoms with Crippen molar-refractivity contribution in [3.05, 3.63) is 30.1 Å². The second kappa shape index (κ2) is 8.71. The smallest absolute Gasteiger partial charge is 0.426 e. The molecule has 0 radical (unpaired) electrons. The second-order valence-corrected chi connectivity index (χ2v) is 8.52. The van der Waals surface area contributed by atoms with Crippen LogP contribution < -0.4 is 15.5 Å². The van der Waals surface area contributed by atoms with E-state index in [1.165, 1.54) is 12.1 Å². The molecule has 9 heteroatoms. The molecule has 2 unspecified atom stereocenters. The molecule has 0 aromatic heterocycles. The summed E-state index contributed by atoms with van der Waals surface area (Å²) in [5, 5.41) is 24.8. The Hall–Kier alpha value is -2.13. The van der Waals surface area contributed by atoms with Gasteiger partial charge in [-0.15, -0.1) is 0 Å². The third-order valence-corrected chi connectivity index (χ3v) is 5.89. The van der Waals surface area contributed by atoms with E-state index in [4.69, 9.17) is 0 Å². The van der Waals surface area contributed by atoms with Gasteiger partial charge in [0, 0.05) is 12.2 Å². The maximum atomic E-state index is 13.2. The van der Waals surface area contributed by atoms with Gasteiger partial charge in [-0.2, -0.15) is 0 Å². The molecule has 1 aliphatic carbocycles. The van der Waals surface area contributed by atoms with Crippen LogP contribution in [0.2, 0.25) is 0 Å². The monoisotopic (exact) mass is 405 g/mol. The number of nitrogens with one attached hydrogen (secondary N) is 2. The molecule has 29 heavy (non-hydrogen) atoms. The molecule has 3 rings (SSSR count). The Morgan fingerprint density at radius 1 is 1.28 bits per heavy atom. The van der Waals surface area contributed by atoms with Crippen molar-refractivity contribution < 1.29 is 24.0 Å². The van der Waals surface area contributed by atoms with Gasteiger partial charge < -0.3 is 25.6 Å². The van der Waals surface area contributed by atoms with Crippen LogP contribution in [0, 0.1) is 11.7 Å². The summed E-state index contributed by atoms with van der Waals surface area (Å²) >= 11 is 0. The van der Waals surface area contributed by atoms with Gasteiger partial charge in [0.1, 0.15) is 17.4 Å². The van der Waals surface area contributed by atoms with E-state index in [1.54, 1.807) is 12.1 Å². The van der Waals surface area contributed by atoms with Crippen LogP contribution >= 0.6 is 0 Å². The number of carbonyl (C=O) groups is 2. The van der Waals surface area contributed by atoms with Crippen LogP contribution in [0.3, 0.4) is 0 Å². The van der Waals surface area contributed by atoms with Crippen LogP contribution in [0.4, 0.5) is 10.1 Å². The number of nitrogens with zero attached hydrogens (tertiary/aromatic N) is 1. The van der Waals surface area contributed by atoms with Crippen molar-refractivity contribution in [1.29, 1.82) is 0 Å². The lowest BCUT2D eigenvalue weighted by atomic mass is 9.72. The molecule has 1 saturated heterocycles. The quantitative estimate of drug-likeness (QED) is 0.483. The van der Waals surface area contributed by atoms with Gasteiger partial charge in [-0.25, -0.2) is 4.39 Å². The van der Waals surface area contributed by atoms with E-state index in [0.717, 1.165) is 12.1 Å². The summed E-state index contributed by atoms with van der Waals surface area (Å²) in [5.74, 6) is -1.55. The Kier molecular flexibility index (Phi) is 6.48. The molecule has 1 saturated carbocycles. The first-order valence-electron chi connectivity index (χ1n) is 10.2. The Balaban J connectivity index is 1.64. The molecule has 7 nitrogen and oxygen atoms in total. The van der Waals surface area contributed by atoms with E-state index in [2.05, 4.69) is 10.6 Å². The fourth-order valence-corrected chi connectivity index (χ4v) is 3.93. The summed E-state index contributed by atoms with van der Waals surface area (Å²) in [6.07, 6.45) is 2.94. The summed E-state index contributed by atoms with van der Waals surface area (Å²) in [7, 11) is -1.66. The summed E-state index contributed by atoms with van der Waals surface area (Å²) in [4.78, 5) is 27.7. The number of halogens is 1. The lowest BCUT2D eigenvalue weighted by Gasteiger charge is -2.46. The average Bonchev–Trinajstić information content (AvgIpc) is 2.57. The number of rotatable bonds is 8. The molecule has 0 spiro atoms. The van der Waals surface area contributed by atoms with Crippen molar-refractivity contribution in [1.82, 2.24) is 10.6 Å². The van der Waals surface area contributed by atoms with Gasteiger partial charge in [0.25, 0.3) is 0 Å². The molecule has 1 aromatic rings. The van der Waals surface area contributed by atoms with Crippen LogP contribution in [0.15, 0.2) is 24.3 Å². The van der Waals surface area contributed by atoms with Gasteiger partial charge >= 0.3 is 7.12 Å². The minimum Gasteiger partial charge on any atom is -0.426 e. The molecule has 158 valence electrons. The van der Waals surface area contributed by atoms with E-state index in [0.29, 0.717) is 32.2 Å².